The molecular weight excluding hydrogens is 407 g/mol. The SMILES string of the molecule is CN=C(NCCNS(C)(=O)=O)NC1CC(OC)C1(C)C.I. The van der Waals surface area contributed by atoms with Crippen molar-refractivity contribution in [2.45, 2.75) is 32.4 Å². The molecule has 0 aromatic heterocycles. The molecule has 9 heteroatoms. The minimum Gasteiger partial charge on any atom is -0.381 e. The minimum atomic E-state index is -3.14. The van der Waals surface area contributed by atoms with Crippen LogP contribution in [0.25, 0.3) is 0 Å². The van der Waals surface area contributed by atoms with E-state index in [0.29, 0.717) is 25.1 Å². The average Bonchev–Trinajstić information content (AvgIpc) is 2.34. The molecule has 3 N–H and O–H groups in total. The first-order valence-electron chi connectivity index (χ1n) is 6.65. The molecule has 0 amide bonds. The van der Waals surface area contributed by atoms with Crippen molar-refractivity contribution in [3.63, 3.8) is 0 Å². The van der Waals surface area contributed by atoms with Gasteiger partial charge in [-0.2, -0.15) is 0 Å². The molecule has 21 heavy (non-hydrogen) atoms. The Kier molecular flexibility index (Phi) is 8.44. The Morgan fingerprint density at radius 3 is 2.43 bits per heavy atom. The number of aliphatic imine (C=N–C) groups is 1. The first kappa shape index (κ1) is 20.9. The first-order valence-corrected chi connectivity index (χ1v) is 8.54. The maximum atomic E-state index is 10.9. The molecule has 0 radical (unpaired) electrons. The zero-order valence-corrected chi connectivity index (χ0v) is 16.4. The fraction of sp³-hybridized carbons (Fsp3) is 0.917. The van der Waals surface area contributed by atoms with Crippen LogP contribution >= 0.6 is 24.0 Å². The number of nitrogens with one attached hydrogen (secondary N) is 3. The molecule has 2 unspecified atom stereocenters. The first-order chi connectivity index (χ1) is 9.20. The number of halogens is 1. The van der Waals surface area contributed by atoms with Crippen LogP contribution in [0.15, 0.2) is 4.99 Å². The third-order valence-corrected chi connectivity index (χ3v) is 4.51. The number of methoxy groups -OCH3 is 1. The quantitative estimate of drug-likeness (QED) is 0.239. The zero-order chi connectivity index (χ0) is 15.4. The van der Waals surface area contributed by atoms with Crippen molar-refractivity contribution in [3.05, 3.63) is 0 Å². The molecule has 0 saturated heterocycles. The van der Waals surface area contributed by atoms with Gasteiger partial charge in [-0.25, -0.2) is 13.1 Å². The topological polar surface area (TPSA) is 91.8 Å². The van der Waals surface area contributed by atoms with Crippen molar-refractivity contribution in [3.8, 4) is 0 Å². The molecule has 1 aliphatic rings. The second-order valence-electron chi connectivity index (χ2n) is 5.64. The lowest BCUT2D eigenvalue weighted by Gasteiger charge is -2.51. The van der Waals surface area contributed by atoms with Crippen LogP contribution in [0.2, 0.25) is 0 Å². The van der Waals surface area contributed by atoms with E-state index in [1.54, 1.807) is 14.2 Å². The van der Waals surface area contributed by atoms with Crippen LogP contribution in [0.4, 0.5) is 0 Å². The predicted octanol–water partition coefficient (Wildman–Crippen LogP) is 0.132. The lowest BCUT2D eigenvalue weighted by molar-refractivity contribution is -0.0922. The molecule has 7 nitrogen and oxygen atoms in total. The summed E-state index contributed by atoms with van der Waals surface area (Å²) in [6.45, 7) is 5.11. The molecule has 0 heterocycles. The normalized spacial score (nSPS) is 24.7. The highest BCUT2D eigenvalue weighted by Gasteiger charge is 2.48. The highest BCUT2D eigenvalue weighted by Crippen LogP contribution is 2.42. The molecule has 0 aromatic carbocycles. The van der Waals surface area contributed by atoms with Gasteiger partial charge in [0.05, 0.1) is 12.4 Å². The number of rotatable bonds is 6. The Morgan fingerprint density at radius 1 is 1.38 bits per heavy atom. The van der Waals surface area contributed by atoms with Gasteiger partial charge in [0.15, 0.2) is 5.96 Å². The van der Waals surface area contributed by atoms with Gasteiger partial charge in [0.2, 0.25) is 10.0 Å². The Hall–Kier alpha value is -0.130. The van der Waals surface area contributed by atoms with Crippen molar-refractivity contribution in [2.24, 2.45) is 10.4 Å². The van der Waals surface area contributed by atoms with Crippen LogP contribution in [-0.4, -0.2) is 60.0 Å². The van der Waals surface area contributed by atoms with Crippen molar-refractivity contribution < 1.29 is 13.2 Å². The largest absolute Gasteiger partial charge is 0.381 e. The van der Waals surface area contributed by atoms with Crippen LogP contribution in [0.5, 0.6) is 0 Å². The van der Waals surface area contributed by atoms with Gasteiger partial charge in [0, 0.05) is 38.7 Å². The van der Waals surface area contributed by atoms with E-state index in [-0.39, 0.29) is 35.5 Å². The summed E-state index contributed by atoms with van der Waals surface area (Å²) in [5.74, 6) is 0.674. The van der Waals surface area contributed by atoms with E-state index in [1.165, 1.54) is 0 Å². The highest BCUT2D eigenvalue weighted by atomic mass is 127. The van der Waals surface area contributed by atoms with Crippen molar-refractivity contribution >= 4 is 40.0 Å². The molecule has 126 valence electrons. The maximum absolute atomic E-state index is 10.9. The molecular formula is C12H27IN4O3S. The van der Waals surface area contributed by atoms with Crippen LogP contribution in [-0.2, 0) is 14.8 Å². The number of guanidine groups is 1. The van der Waals surface area contributed by atoms with Gasteiger partial charge < -0.3 is 15.4 Å². The standard InChI is InChI=1S/C12H26N4O3S.HI/c1-12(2)9(8-10(12)19-4)16-11(13-3)14-6-7-15-20(5,17)18;/h9-10,15H,6-8H2,1-5H3,(H2,13,14,16);1H. The Labute approximate surface area is 144 Å². The number of hydrogen-bond donors (Lipinski definition) is 3. The number of sulfonamides is 1. The van der Waals surface area contributed by atoms with Crippen LogP contribution in [0, 0.1) is 5.41 Å². The predicted molar refractivity (Wildman–Crippen MR) is 95.7 cm³/mol. The van der Waals surface area contributed by atoms with Gasteiger partial charge in [-0.3, -0.25) is 4.99 Å². The Morgan fingerprint density at radius 2 is 2.00 bits per heavy atom. The molecule has 1 saturated carbocycles. The van der Waals surface area contributed by atoms with E-state index in [4.69, 9.17) is 4.74 Å². The molecule has 0 spiro atoms. The van der Waals surface area contributed by atoms with E-state index >= 15 is 0 Å². The maximum Gasteiger partial charge on any atom is 0.208 e. The van der Waals surface area contributed by atoms with Gasteiger partial charge in [0.25, 0.3) is 0 Å². The summed E-state index contributed by atoms with van der Waals surface area (Å²) in [5, 5.41) is 6.42. The Balaban J connectivity index is 0.00000400. The van der Waals surface area contributed by atoms with Gasteiger partial charge in [-0.15, -0.1) is 24.0 Å². The molecule has 1 aliphatic carbocycles. The average molecular weight is 434 g/mol. The minimum absolute atomic E-state index is 0. The van der Waals surface area contributed by atoms with Gasteiger partial charge >= 0.3 is 0 Å². The number of ether oxygens (including phenoxy) is 1. The van der Waals surface area contributed by atoms with E-state index in [9.17, 15) is 8.42 Å². The van der Waals surface area contributed by atoms with Gasteiger partial charge in [-0.1, -0.05) is 13.8 Å². The van der Waals surface area contributed by atoms with Crippen molar-refractivity contribution in [1.82, 2.24) is 15.4 Å². The number of hydrogen-bond acceptors (Lipinski definition) is 4. The van der Waals surface area contributed by atoms with Crippen LogP contribution in [0.3, 0.4) is 0 Å². The molecule has 2 atom stereocenters. The third kappa shape index (κ3) is 6.25. The summed E-state index contributed by atoms with van der Waals surface area (Å²) in [7, 11) is 0.281. The molecule has 0 bridgehead atoms. The van der Waals surface area contributed by atoms with E-state index < -0.39 is 10.0 Å². The Bertz CT molecular complexity index is 453. The summed E-state index contributed by atoms with van der Waals surface area (Å²) in [6, 6.07) is 0.293. The van der Waals surface area contributed by atoms with Crippen LogP contribution < -0.4 is 15.4 Å². The second kappa shape index (κ2) is 8.49. The van der Waals surface area contributed by atoms with Crippen molar-refractivity contribution in [1.29, 1.82) is 0 Å². The third-order valence-electron chi connectivity index (χ3n) is 3.78. The van der Waals surface area contributed by atoms with E-state index in [1.807, 2.05) is 0 Å². The molecule has 1 rings (SSSR count). The highest BCUT2D eigenvalue weighted by molar-refractivity contribution is 14.0. The van der Waals surface area contributed by atoms with E-state index in [2.05, 4.69) is 34.2 Å². The lowest BCUT2D eigenvalue weighted by Crippen LogP contribution is -2.63. The van der Waals surface area contributed by atoms with Crippen molar-refractivity contribution in [2.75, 3.05) is 33.5 Å². The summed E-state index contributed by atoms with van der Waals surface area (Å²) < 4.78 is 29.7. The van der Waals surface area contributed by atoms with Gasteiger partial charge in [0.1, 0.15) is 0 Å². The summed E-state index contributed by atoms with van der Waals surface area (Å²) in [4.78, 5) is 4.14. The van der Waals surface area contributed by atoms with E-state index in [0.717, 1.165) is 12.7 Å². The second-order valence-corrected chi connectivity index (χ2v) is 7.48. The fourth-order valence-corrected chi connectivity index (χ4v) is 2.78. The van der Waals surface area contributed by atoms with Crippen LogP contribution in [0.1, 0.15) is 20.3 Å². The summed E-state index contributed by atoms with van der Waals surface area (Å²) in [6.07, 6.45) is 2.33. The smallest absolute Gasteiger partial charge is 0.208 e. The monoisotopic (exact) mass is 434 g/mol. The molecule has 1 fully saturated rings. The van der Waals surface area contributed by atoms with Gasteiger partial charge in [-0.05, 0) is 6.42 Å². The molecule has 0 aromatic rings. The fourth-order valence-electron chi connectivity index (χ4n) is 2.31. The summed E-state index contributed by atoms with van der Waals surface area (Å²) in [5.41, 5.74) is 0.0530. The number of nitrogens with zero attached hydrogens (tertiary/aromatic N) is 1. The lowest BCUT2D eigenvalue weighted by atomic mass is 9.64. The summed E-state index contributed by atoms with van der Waals surface area (Å²) >= 11 is 0. The molecule has 0 aliphatic heterocycles. The zero-order valence-electron chi connectivity index (χ0n) is 13.3.